The summed E-state index contributed by atoms with van der Waals surface area (Å²) in [4.78, 5) is -0.630. The van der Waals surface area contributed by atoms with Gasteiger partial charge in [0.1, 0.15) is 18.3 Å². The van der Waals surface area contributed by atoms with Gasteiger partial charge >= 0.3 is 6.18 Å². The minimum Gasteiger partial charge on any atom is -0.492 e. The summed E-state index contributed by atoms with van der Waals surface area (Å²) in [6.07, 6.45) is -4.51. The average molecular weight is 298 g/mol. The van der Waals surface area contributed by atoms with E-state index in [2.05, 4.69) is 12.2 Å². The average Bonchev–Trinajstić information content (AvgIpc) is 2.18. The fraction of sp³-hybridized carbons (Fsp3) is 0.364. The first kappa shape index (κ1) is 15.0. The number of benzene rings is 1. The summed E-state index contributed by atoms with van der Waals surface area (Å²) < 4.78 is 42.8. The van der Waals surface area contributed by atoms with E-state index in [4.69, 9.17) is 22.1 Å². The second-order valence-corrected chi connectivity index (χ2v) is 4.63. The monoisotopic (exact) mass is 297 g/mol. The molecule has 0 amide bonds. The molecule has 1 unspecified atom stereocenters. The zero-order chi connectivity index (χ0) is 13.9. The summed E-state index contributed by atoms with van der Waals surface area (Å²) >= 11 is 10.1. The van der Waals surface area contributed by atoms with Crippen LogP contribution in [0, 0.1) is 12.8 Å². The lowest BCUT2D eigenvalue weighted by molar-refractivity contribution is -0.161. The van der Waals surface area contributed by atoms with Gasteiger partial charge < -0.3 is 10.5 Å². The van der Waals surface area contributed by atoms with Crippen LogP contribution in [0.5, 0.6) is 5.75 Å². The first-order valence-corrected chi connectivity index (χ1v) is 5.75. The summed E-state index contributed by atoms with van der Waals surface area (Å²) in [6.45, 7) is 1.05. The van der Waals surface area contributed by atoms with Crippen LogP contribution in [0.1, 0.15) is 5.56 Å². The lowest BCUT2D eigenvalue weighted by Crippen LogP contribution is -2.38. The van der Waals surface area contributed by atoms with Gasteiger partial charge in [-0.15, -0.1) is 0 Å². The van der Waals surface area contributed by atoms with Crippen molar-refractivity contribution in [3.63, 3.8) is 0 Å². The first-order chi connectivity index (χ1) is 8.21. The molecule has 0 aromatic heterocycles. The molecule has 0 fully saturated rings. The van der Waals surface area contributed by atoms with E-state index in [0.29, 0.717) is 16.3 Å². The Morgan fingerprint density at radius 1 is 1.50 bits per heavy atom. The van der Waals surface area contributed by atoms with Crippen molar-refractivity contribution in [1.29, 1.82) is 0 Å². The summed E-state index contributed by atoms with van der Waals surface area (Å²) in [6, 6.07) is 4.64. The van der Waals surface area contributed by atoms with Crippen molar-refractivity contribution in [2.75, 3.05) is 6.61 Å². The van der Waals surface area contributed by atoms with Gasteiger partial charge in [0.2, 0.25) is 0 Å². The maximum Gasteiger partial charge on any atom is 0.401 e. The van der Waals surface area contributed by atoms with Crippen molar-refractivity contribution in [3.05, 3.63) is 28.8 Å². The number of alkyl halides is 3. The summed E-state index contributed by atoms with van der Waals surface area (Å²) in [5, 5.41) is 0.488. The number of thiocarbonyl (C=S) groups is 1. The van der Waals surface area contributed by atoms with E-state index in [1.54, 1.807) is 13.0 Å². The molecule has 0 saturated carbocycles. The summed E-state index contributed by atoms with van der Waals surface area (Å²) in [5.41, 5.74) is 5.70. The molecule has 2 nitrogen and oxygen atoms in total. The zero-order valence-corrected chi connectivity index (χ0v) is 11.0. The first-order valence-electron chi connectivity index (χ1n) is 4.97. The van der Waals surface area contributed by atoms with Crippen LogP contribution in [0.3, 0.4) is 0 Å². The van der Waals surface area contributed by atoms with Gasteiger partial charge in [-0.1, -0.05) is 23.8 Å². The fourth-order valence-corrected chi connectivity index (χ4v) is 1.71. The number of nitrogens with two attached hydrogens (primary N) is 1. The molecule has 0 heterocycles. The second kappa shape index (κ2) is 5.75. The molecule has 0 aliphatic heterocycles. The van der Waals surface area contributed by atoms with Gasteiger partial charge in [0, 0.05) is 5.02 Å². The van der Waals surface area contributed by atoms with E-state index in [1.165, 1.54) is 12.1 Å². The molecule has 1 aromatic rings. The van der Waals surface area contributed by atoms with Crippen molar-refractivity contribution in [1.82, 2.24) is 0 Å². The van der Waals surface area contributed by atoms with E-state index >= 15 is 0 Å². The maximum atomic E-state index is 12.6. The highest BCUT2D eigenvalue weighted by atomic mass is 35.5. The SMILES string of the molecule is Cc1cc(Cl)ccc1OCC(C(N)=S)C(F)(F)F. The van der Waals surface area contributed by atoms with Gasteiger partial charge in [-0.2, -0.15) is 13.2 Å². The Balaban J connectivity index is 2.77. The molecule has 1 rings (SSSR count). The fourth-order valence-electron chi connectivity index (χ4n) is 1.29. The Hall–Kier alpha value is -1.01. The minimum absolute atomic E-state index is 0.324. The Labute approximate surface area is 113 Å². The molecule has 1 atom stereocenters. The number of hydrogen-bond donors (Lipinski definition) is 1. The Bertz CT molecular complexity index is 450. The highest BCUT2D eigenvalue weighted by Crippen LogP contribution is 2.28. The molecule has 18 heavy (non-hydrogen) atoms. The molecule has 2 N–H and O–H groups in total. The third kappa shape index (κ3) is 4.03. The Morgan fingerprint density at radius 3 is 2.56 bits per heavy atom. The molecule has 0 aliphatic rings. The molecule has 100 valence electrons. The molecule has 0 saturated heterocycles. The van der Waals surface area contributed by atoms with E-state index in [1.807, 2.05) is 0 Å². The van der Waals surface area contributed by atoms with Crippen LogP contribution in [-0.2, 0) is 0 Å². The van der Waals surface area contributed by atoms with Gasteiger partial charge in [0.15, 0.2) is 0 Å². The van der Waals surface area contributed by atoms with E-state index in [-0.39, 0.29) is 0 Å². The number of ether oxygens (including phenoxy) is 1. The predicted molar refractivity (Wildman–Crippen MR) is 68.0 cm³/mol. The number of aryl methyl sites for hydroxylation is 1. The summed E-state index contributed by atoms with van der Waals surface area (Å²) in [5.74, 6) is -1.63. The Morgan fingerprint density at radius 2 is 2.11 bits per heavy atom. The zero-order valence-electron chi connectivity index (χ0n) is 9.42. The van der Waals surface area contributed by atoms with Crippen LogP contribution >= 0.6 is 23.8 Å². The van der Waals surface area contributed by atoms with Crippen molar-refractivity contribution in [3.8, 4) is 5.75 Å². The van der Waals surface area contributed by atoms with Crippen molar-refractivity contribution in [2.24, 2.45) is 11.7 Å². The number of hydrogen-bond acceptors (Lipinski definition) is 2. The highest BCUT2D eigenvalue weighted by molar-refractivity contribution is 7.80. The lowest BCUT2D eigenvalue weighted by Gasteiger charge is -2.20. The van der Waals surface area contributed by atoms with E-state index in [0.717, 1.165) is 0 Å². The van der Waals surface area contributed by atoms with Crippen molar-refractivity contribution >= 4 is 28.8 Å². The van der Waals surface area contributed by atoms with Crippen molar-refractivity contribution < 1.29 is 17.9 Å². The van der Waals surface area contributed by atoms with Crippen LogP contribution < -0.4 is 10.5 Å². The van der Waals surface area contributed by atoms with Gasteiger partial charge in [-0.3, -0.25) is 0 Å². The molecule has 1 aromatic carbocycles. The van der Waals surface area contributed by atoms with Crippen LogP contribution in [0.15, 0.2) is 18.2 Å². The quantitative estimate of drug-likeness (QED) is 0.864. The van der Waals surface area contributed by atoms with Gasteiger partial charge in [-0.25, -0.2) is 0 Å². The predicted octanol–water partition coefficient (Wildman–Crippen LogP) is 3.49. The van der Waals surface area contributed by atoms with Crippen LogP contribution in [0.4, 0.5) is 13.2 Å². The molecule has 0 bridgehead atoms. The third-order valence-corrected chi connectivity index (χ3v) is 2.80. The smallest absolute Gasteiger partial charge is 0.401 e. The number of rotatable bonds is 4. The maximum absolute atomic E-state index is 12.6. The Kier molecular flexibility index (Phi) is 4.81. The van der Waals surface area contributed by atoms with Crippen LogP contribution in [-0.4, -0.2) is 17.8 Å². The minimum atomic E-state index is -4.51. The highest BCUT2D eigenvalue weighted by Gasteiger charge is 2.42. The van der Waals surface area contributed by atoms with Gasteiger partial charge in [-0.05, 0) is 30.7 Å². The second-order valence-electron chi connectivity index (χ2n) is 3.72. The third-order valence-electron chi connectivity index (χ3n) is 2.28. The molecule has 0 spiro atoms. The van der Waals surface area contributed by atoms with Gasteiger partial charge in [0.05, 0.1) is 4.99 Å². The van der Waals surface area contributed by atoms with E-state index < -0.39 is 23.7 Å². The standard InChI is InChI=1S/C11H11ClF3NOS/c1-6-4-7(12)2-3-9(6)17-5-8(10(16)18)11(13,14)15/h2-4,8H,5H2,1H3,(H2,16,18). The molecular formula is C11H11ClF3NOS. The largest absolute Gasteiger partial charge is 0.492 e. The number of halogens is 4. The topological polar surface area (TPSA) is 35.2 Å². The molecule has 0 aliphatic carbocycles. The molecular weight excluding hydrogens is 287 g/mol. The van der Waals surface area contributed by atoms with E-state index in [9.17, 15) is 13.2 Å². The van der Waals surface area contributed by atoms with Gasteiger partial charge in [0.25, 0.3) is 0 Å². The van der Waals surface area contributed by atoms with Crippen molar-refractivity contribution in [2.45, 2.75) is 13.1 Å². The summed E-state index contributed by atoms with van der Waals surface area (Å²) in [7, 11) is 0. The lowest BCUT2D eigenvalue weighted by atomic mass is 10.1. The molecule has 7 heteroatoms. The van der Waals surface area contributed by atoms with Crippen LogP contribution in [0.25, 0.3) is 0 Å². The molecule has 0 radical (unpaired) electrons. The van der Waals surface area contributed by atoms with Crippen LogP contribution in [0.2, 0.25) is 5.02 Å². The normalized spacial score (nSPS) is 13.2.